The molecule has 1 heterocycles. The van der Waals surface area contributed by atoms with E-state index in [2.05, 4.69) is 46.7 Å². The van der Waals surface area contributed by atoms with Crippen molar-refractivity contribution >= 4 is 29.9 Å². The summed E-state index contributed by atoms with van der Waals surface area (Å²) in [5.74, 6) is 1.50. The molecule has 0 amide bonds. The Labute approximate surface area is 175 Å². The molecular weight excluding hydrogens is 439 g/mol. The van der Waals surface area contributed by atoms with Crippen LogP contribution < -0.4 is 10.6 Å². The third-order valence-corrected chi connectivity index (χ3v) is 5.13. The minimum Gasteiger partial charge on any atom is -0.379 e. The lowest BCUT2D eigenvalue weighted by atomic mass is 9.83. The Balaban J connectivity index is 0.00000243. The Kier molecular flexibility index (Phi) is 9.71. The Bertz CT molecular complexity index is 560. The molecule has 1 saturated heterocycles. The van der Waals surface area contributed by atoms with Gasteiger partial charge in [0.25, 0.3) is 0 Å². The zero-order valence-electron chi connectivity index (χ0n) is 15.9. The second kappa shape index (κ2) is 11.8. The molecule has 1 aliphatic heterocycles. The Morgan fingerprint density at radius 2 is 2.04 bits per heavy atom. The van der Waals surface area contributed by atoms with Crippen molar-refractivity contribution in [2.24, 2.45) is 4.99 Å². The van der Waals surface area contributed by atoms with E-state index in [1.54, 1.807) is 0 Å². The van der Waals surface area contributed by atoms with E-state index in [9.17, 15) is 0 Å². The summed E-state index contributed by atoms with van der Waals surface area (Å²) >= 11 is 0. The summed E-state index contributed by atoms with van der Waals surface area (Å²) in [7, 11) is 0. The number of benzene rings is 1. The van der Waals surface area contributed by atoms with Crippen molar-refractivity contribution in [2.45, 2.75) is 32.1 Å². The fourth-order valence-electron chi connectivity index (χ4n) is 3.74. The molecule has 5 nitrogen and oxygen atoms in total. The molecule has 0 bridgehead atoms. The number of halogens is 1. The second-order valence-electron chi connectivity index (χ2n) is 6.89. The van der Waals surface area contributed by atoms with Gasteiger partial charge in [0.15, 0.2) is 5.96 Å². The lowest BCUT2D eigenvalue weighted by Crippen LogP contribution is -2.44. The van der Waals surface area contributed by atoms with Gasteiger partial charge in [-0.05, 0) is 37.3 Å². The molecule has 0 saturated carbocycles. The van der Waals surface area contributed by atoms with Crippen molar-refractivity contribution in [2.75, 3.05) is 52.5 Å². The average molecular weight is 472 g/mol. The van der Waals surface area contributed by atoms with E-state index >= 15 is 0 Å². The summed E-state index contributed by atoms with van der Waals surface area (Å²) in [4.78, 5) is 7.31. The first-order valence-electron chi connectivity index (χ1n) is 9.77. The summed E-state index contributed by atoms with van der Waals surface area (Å²) in [6, 6.07) is 8.87. The van der Waals surface area contributed by atoms with Gasteiger partial charge < -0.3 is 15.4 Å². The Morgan fingerprint density at radius 3 is 2.85 bits per heavy atom. The molecule has 0 spiro atoms. The molecule has 1 aromatic rings. The van der Waals surface area contributed by atoms with Crippen LogP contribution in [0.25, 0.3) is 0 Å². The molecule has 1 unspecified atom stereocenters. The molecule has 146 valence electrons. The first-order valence-corrected chi connectivity index (χ1v) is 9.77. The van der Waals surface area contributed by atoms with Crippen LogP contribution in [-0.4, -0.2) is 63.3 Å². The smallest absolute Gasteiger partial charge is 0.191 e. The first-order chi connectivity index (χ1) is 12.4. The maximum atomic E-state index is 5.40. The molecule has 1 aliphatic carbocycles. The Morgan fingerprint density at radius 1 is 1.23 bits per heavy atom. The zero-order valence-corrected chi connectivity index (χ0v) is 18.2. The van der Waals surface area contributed by atoms with Gasteiger partial charge in [-0.3, -0.25) is 9.89 Å². The molecular formula is C20H33IN4O. The molecule has 0 aromatic heterocycles. The van der Waals surface area contributed by atoms with E-state index in [-0.39, 0.29) is 24.0 Å². The summed E-state index contributed by atoms with van der Waals surface area (Å²) in [6.45, 7) is 9.63. The first kappa shape index (κ1) is 21.4. The van der Waals surface area contributed by atoms with Gasteiger partial charge in [-0.1, -0.05) is 24.3 Å². The SMILES string of the molecule is CCNC(=NCC1CCCc2ccccc21)NCCN1CCOCC1.I. The van der Waals surface area contributed by atoms with Crippen molar-refractivity contribution in [1.29, 1.82) is 0 Å². The fourth-order valence-corrected chi connectivity index (χ4v) is 3.74. The van der Waals surface area contributed by atoms with Crippen LogP contribution in [0.15, 0.2) is 29.3 Å². The lowest BCUT2D eigenvalue weighted by Gasteiger charge is -2.27. The predicted molar refractivity (Wildman–Crippen MR) is 119 cm³/mol. The predicted octanol–water partition coefficient (Wildman–Crippen LogP) is 2.61. The third-order valence-electron chi connectivity index (χ3n) is 5.13. The molecule has 0 radical (unpaired) electrons. The quantitative estimate of drug-likeness (QED) is 0.380. The van der Waals surface area contributed by atoms with Gasteiger partial charge in [0.2, 0.25) is 0 Å². The number of guanidine groups is 1. The maximum Gasteiger partial charge on any atom is 0.191 e. The molecule has 2 aliphatic rings. The van der Waals surface area contributed by atoms with Crippen molar-refractivity contribution in [1.82, 2.24) is 15.5 Å². The number of rotatable bonds is 6. The highest BCUT2D eigenvalue weighted by molar-refractivity contribution is 14.0. The van der Waals surface area contributed by atoms with Crippen LogP contribution in [0.4, 0.5) is 0 Å². The van der Waals surface area contributed by atoms with E-state index in [0.29, 0.717) is 5.92 Å². The topological polar surface area (TPSA) is 48.9 Å². The molecule has 1 fully saturated rings. The van der Waals surface area contributed by atoms with Gasteiger partial charge in [0.05, 0.1) is 13.2 Å². The zero-order chi connectivity index (χ0) is 17.3. The number of nitrogens with one attached hydrogen (secondary N) is 2. The van der Waals surface area contributed by atoms with Crippen LogP contribution in [0, 0.1) is 0 Å². The highest BCUT2D eigenvalue weighted by Gasteiger charge is 2.19. The molecule has 3 rings (SSSR count). The minimum absolute atomic E-state index is 0. The van der Waals surface area contributed by atoms with Crippen LogP contribution in [0.5, 0.6) is 0 Å². The molecule has 1 atom stereocenters. The van der Waals surface area contributed by atoms with Gasteiger partial charge in [0.1, 0.15) is 0 Å². The molecule has 1 aromatic carbocycles. The molecule has 2 N–H and O–H groups in total. The van der Waals surface area contributed by atoms with E-state index in [4.69, 9.17) is 9.73 Å². The largest absolute Gasteiger partial charge is 0.379 e. The lowest BCUT2D eigenvalue weighted by molar-refractivity contribution is 0.0389. The van der Waals surface area contributed by atoms with E-state index in [1.807, 2.05) is 0 Å². The number of fused-ring (bicyclic) bond motifs is 1. The molecule has 26 heavy (non-hydrogen) atoms. The summed E-state index contributed by atoms with van der Waals surface area (Å²) in [5, 5.41) is 6.87. The monoisotopic (exact) mass is 472 g/mol. The number of hydrogen-bond acceptors (Lipinski definition) is 3. The standard InChI is InChI=1S/C20H32N4O.HI/c1-2-21-20(22-10-11-24-12-14-25-15-13-24)23-16-18-8-5-7-17-6-3-4-9-19(17)18;/h3-4,6,9,18H,2,5,7-8,10-16H2,1H3,(H2,21,22,23);1H. The van der Waals surface area contributed by atoms with Crippen molar-refractivity contribution in [3.05, 3.63) is 35.4 Å². The van der Waals surface area contributed by atoms with Crippen molar-refractivity contribution in [3.63, 3.8) is 0 Å². The van der Waals surface area contributed by atoms with Crippen LogP contribution >= 0.6 is 24.0 Å². The number of morpholine rings is 1. The van der Waals surface area contributed by atoms with Gasteiger partial charge >= 0.3 is 0 Å². The second-order valence-corrected chi connectivity index (χ2v) is 6.89. The summed E-state index contributed by atoms with van der Waals surface area (Å²) in [5.41, 5.74) is 3.01. The number of aryl methyl sites for hydroxylation is 1. The van der Waals surface area contributed by atoms with Gasteiger partial charge in [-0.2, -0.15) is 0 Å². The van der Waals surface area contributed by atoms with E-state index in [1.165, 1.54) is 30.4 Å². The maximum absolute atomic E-state index is 5.40. The van der Waals surface area contributed by atoms with Crippen molar-refractivity contribution < 1.29 is 4.74 Å². The normalized spacial score (nSPS) is 20.8. The number of aliphatic imine (C=N–C) groups is 1. The van der Waals surface area contributed by atoms with E-state index in [0.717, 1.165) is 58.4 Å². The Hall–Kier alpha value is -0.860. The van der Waals surface area contributed by atoms with Gasteiger partial charge in [-0.25, -0.2) is 0 Å². The van der Waals surface area contributed by atoms with Crippen molar-refractivity contribution in [3.8, 4) is 0 Å². The summed E-state index contributed by atoms with van der Waals surface area (Å²) < 4.78 is 5.40. The van der Waals surface area contributed by atoms with Crippen LogP contribution in [0.1, 0.15) is 36.8 Å². The van der Waals surface area contributed by atoms with Gasteiger partial charge in [0, 0.05) is 45.2 Å². The highest BCUT2D eigenvalue weighted by Crippen LogP contribution is 2.31. The highest BCUT2D eigenvalue weighted by atomic mass is 127. The molecule has 6 heteroatoms. The number of ether oxygens (including phenoxy) is 1. The van der Waals surface area contributed by atoms with Crippen LogP contribution in [0.2, 0.25) is 0 Å². The van der Waals surface area contributed by atoms with E-state index < -0.39 is 0 Å². The van der Waals surface area contributed by atoms with Crippen LogP contribution in [-0.2, 0) is 11.2 Å². The third kappa shape index (κ3) is 6.39. The summed E-state index contributed by atoms with van der Waals surface area (Å²) in [6.07, 6.45) is 3.74. The van der Waals surface area contributed by atoms with Gasteiger partial charge in [-0.15, -0.1) is 24.0 Å². The fraction of sp³-hybridized carbons (Fsp3) is 0.650. The number of hydrogen-bond donors (Lipinski definition) is 2. The van der Waals surface area contributed by atoms with Crippen LogP contribution in [0.3, 0.4) is 0 Å². The number of nitrogens with zero attached hydrogens (tertiary/aromatic N) is 2. The average Bonchev–Trinajstić information content (AvgIpc) is 2.67. The minimum atomic E-state index is 0.